The van der Waals surface area contributed by atoms with Crippen LogP contribution in [0.4, 0.5) is 0 Å². The zero-order valence-electron chi connectivity index (χ0n) is 28.9. The van der Waals surface area contributed by atoms with Crippen LogP contribution in [0.1, 0.15) is 25.7 Å². The highest BCUT2D eigenvalue weighted by Gasteiger charge is 2.20. The van der Waals surface area contributed by atoms with Crippen molar-refractivity contribution in [3.05, 3.63) is 0 Å². The molecule has 0 aromatic rings. The number of amides is 3. The van der Waals surface area contributed by atoms with Crippen molar-refractivity contribution in [1.29, 1.82) is 0 Å². The summed E-state index contributed by atoms with van der Waals surface area (Å²) in [5.41, 5.74) is 0. The van der Waals surface area contributed by atoms with Crippen molar-refractivity contribution in [1.82, 2.24) is 35.6 Å². The van der Waals surface area contributed by atoms with Crippen LogP contribution >= 0.6 is 0 Å². The number of carboxylic acids is 2. The third-order valence-electron chi connectivity index (χ3n) is 7.52. The van der Waals surface area contributed by atoms with Crippen LogP contribution in [-0.4, -0.2) is 204 Å². The first-order valence-corrected chi connectivity index (χ1v) is 16.9. The first-order valence-electron chi connectivity index (χ1n) is 16.9. The fourth-order valence-electron chi connectivity index (χ4n) is 4.77. The van der Waals surface area contributed by atoms with Gasteiger partial charge in [0.05, 0.1) is 52.6 Å². The van der Waals surface area contributed by atoms with E-state index in [1.54, 1.807) is 9.80 Å². The average molecular weight is 704 g/mol. The van der Waals surface area contributed by atoms with Crippen LogP contribution in [0.15, 0.2) is 0 Å². The zero-order valence-corrected chi connectivity index (χ0v) is 28.9. The molecule has 282 valence electrons. The van der Waals surface area contributed by atoms with Gasteiger partial charge < -0.3 is 45.2 Å². The van der Waals surface area contributed by atoms with E-state index in [9.17, 15) is 39.0 Å². The number of aliphatic carboxylic acids is 2. The molecule has 0 spiro atoms. The molecule has 3 amide bonds. The lowest BCUT2D eigenvalue weighted by molar-refractivity contribution is -0.139. The van der Waals surface area contributed by atoms with Gasteiger partial charge in [-0.25, -0.2) is 0 Å². The van der Waals surface area contributed by atoms with Gasteiger partial charge in [-0.2, -0.15) is 0 Å². The van der Waals surface area contributed by atoms with Crippen LogP contribution in [0, 0.1) is 0 Å². The Morgan fingerprint density at radius 2 is 0.959 bits per heavy atom. The second kappa shape index (κ2) is 28.6. The highest BCUT2D eigenvalue weighted by Crippen LogP contribution is 2.01. The number of hydrogen-bond acceptors (Lipinski definition) is 13. The average Bonchev–Trinajstić information content (AvgIpc) is 3.06. The summed E-state index contributed by atoms with van der Waals surface area (Å²) in [5, 5.41) is 26.8. The van der Waals surface area contributed by atoms with Crippen LogP contribution < -0.4 is 16.0 Å². The Balaban J connectivity index is 2.25. The van der Waals surface area contributed by atoms with E-state index < -0.39 is 11.9 Å². The van der Waals surface area contributed by atoms with E-state index >= 15 is 0 Å². The number of rotatable bonds is 25. The number of aldehydes is 1. The van der Waals surface area contributed by atoms with Crippen molar-refractivity contribution in [3.8, 4) is 0 Å². The third-order valence-corrected chi connectivity index (χ3v) is 7.52. The Hall–Kier alpha value is -3.26. The normalized spacial score (nSPS) is 15.9. The summed E-state index contributed by atoms with van der Waals surface area (Å²) < 4.78 is 16.5. The minimum Gasteiger partial charge on any atom is -0.480 e. The summed E-state index contributed by atoms with van der Waals surface area (Å²) >= 11 is 0. The number of nitrogens with one attached hydrogen (secondary N) is 3. The summed E-state index contributed by atoms with van der Waals surface area (Å²) in [6, 6.07) is 0. The monoisotopic (exact) mass is 703 g/mol. The molecule has 0 aromatic heterocycles. The maximum absolute atomic E-state index is 12.7. The van der Waals surface area contributed by atoms with Crippen LogP contribution in [-0.2, 0) is 43.0 Å². The molecule has 0 atom stereocenters. The molecule has 0 unspecified atom stereocenters. The third kappa shape index (κ3) is 25.4. The number of hydrogen-bond donors (Lipinski definition) is 5. The smallest absolute Gasteiger partial charge is 0.317 e. The van der Waals surface area contributed by atoms with E-state index in [-0.39, 0.29) is 56.7 Å². The van der Waals surface area contributed by atoms with E-state index in [1.165, 1.54) is 7.05 Å². The Morgan fingerprint density at radius 1 is 0.571 bits per heavy atom. The van der Waals surface area contributed by atoms with Gasteiger partial charge in [0.2, 0.25) is 17.7 Å². The van der Waals surface area contributed by atoms with E-state index in [0.29, 0.717) is 118 Å². The molecular formula is C31H57N7O11. The standard InChI is InChI=1S/C31H57N7O11/c1-32-27(40)4-5-28(41)33-6-2-18-47-20-22-49-23-21-48-19-3-7-34-29(42)24-36-12-14-37(25-30(43)44)10-8-35(16-17-39)9-11-38(15-13-36)26-31(45)46/h17H,2-16,18-26H2,1H3,(H,32,40)(H,33,41)(H,34,42)(H,43,44)(H,45,46). The molecular weight excluding hydrogens is 646 g/mol. The second-order valence-corrected chi connectivity index (χ2v) is 11.5. The first kappa shape index (κ1) is 43.8. The van der Waals surface area contributed by atoms with E-state index in [0.717, 1.165) is 6.29 Å². The van der Waals surface area contributed by atoms with Crippen molar-refractivity contribution in [3.63, 3.8) is 0 Å². The summed E-state index contributed by atoms with van der Waals surface area (Å²) in [6.45, 7) is 6.79. The summed E-state index contributed by atoms with van der Waals surface area (Å²) in [5.74, 6) is -2.45. The van der Waals surface area contributed by atoms with E-state index in [4.69, 9.17) is 14.2 Å². The maximum Gasteiger partial charge on any atom is 0.317 e. The largest absolute Gasteiger partial charge is 0.480 e. The molecule has 0 radical (unpaired) electrons. The number of nitrogens with zero attached hydrogens (tertiary/aromatic N) is 4. The van der Waals surface area contributed by atoms with Crippen LogP contribution in [0.25, 0.3) is 0 Å². The van der Waals surface area contributed by atoms with Crippen molar-refractivity contribution < 1.29 is 53.2 Å². The van der Waals surface area contributed by atoms with Crippen molar-refractivity contribution in [2.45, 2.75) is 25.7 Å². The molecule has 18 heteroatoms. The van der Waals surface area contributed by atoms with Crippen molar-refractivity contribution in [2.75, 3.05) is 138 Å². The van der Waals surface area contributed by atoms with Gasteiger partial charge in [0, 0.05) is 98.6 Å². The molecule has 5 N–H and O–H groups in total. The molecule has 1 saturated heterocycles. The second-order valence-electron chi connectivity index (χ2n) is 11.5. The molecule has 1 aliphatic rings. The van der Waals surface area contributed by atoms with Gasteiger partial charge in [-0.1, -0.05) is 0 Å². The lowest BCUT2D eigenvalue weighted by atomic mass is 10.3. The summed E-state index contributed by atoms with van der Waals surface area (Å²) in [7, 11) is 1.53. The predicted molar refractivity (Wildman–Crippen MR) is 178 cm³/mol. The number of carbonyl (C=O) groups is 6. The Labute approximate surface area is 288 Å². The molecule has 1 heterocycles. The molecule has 1 rings (SSSR count). The van der Waals surface area contributed by atoms with Crippen molar-refractivity contribution >= 4 is 35.9 Å². The maximum atomic E-state index is 12.7. The zero-order chi connectivity index (χ0) is 36.1. The molecule has 0 saturated carbocycles. The minimum absolute atomic E-state index is 0.0869. The van der Waals surface area contributed by atoms with Gasteiger partial charge in [0.1, 0.15) is 6.29 Å². The van der Waals surface area contributed by atoms with Crippen molar-refractivity contribution in [2.24, 2.45) is 0 Å². The molecule has 0 aliphatic carbocycles. The summed E-state index contributed by atoms with van der Waals surface area (Å²) in [4.78, 5) is 76.8. The van der Waals surface area contributed by atoms with Gasteiger partial charge in [-0.05, 0) is 12.8 Å². The van der Waals surface area contributed by atoms with Gasteiger partial charge in [0.25, 0.3) is 0 Å². The Morgan fingerprint density at radius 3 is 1.39 bits per heavy atom. The predicted octanol–water partition coefficient (Wildman–Crippen LogP) is -2.84. The van der Waals surface area contributed by atoms with Gasteiger partial charge in [0.15, 0.2) is 0 Å². The fraction of sp³-hybridized carbons (Fsp3) is 0.806. The highest BCUT2D eigenvalue weighted by atomic mass is 16.5. The molecule has 0 aromatic carbocycles. The fourth-order valence-corrected chi connectivity index (χ4v) is 4.77. The SMILES string of the molecule is CNC(=O)CCC(=O)NCCCOCCOCCOCCCNC(=O)CN1CCN(CC(=O)O)CCN(CC=O)CCN(CC(=O)O)CC1. The topological polar surface area (TPSA) is 220 Å². The molecule has 18 nitrogen and oxygen atoms in total. The highest BCUT2D eigenvalue weighted by molar-refractivity contribution is 5.83. The lowest BCUT2D eigenvalue weighted by Crippen LogP contribution is -2.49. The Kier molecular flexibility index (Phi) is 25.5. The molecule has 1 fully saturated rings. The van der Waals surface area contributed by atoms with Gasteiger partial charge in [-0.15, -0.1) is 0 Å². The van der Waals surface area contributed by atoms with E-state index in [2.05, 4.69) is 16.0 Å². The van der Waals surface area contributed by atoms with Crippen LogP contribution in [0.5, 0.6) is 0 Å². The number of ether oxygens (including phenoxy) is 3. The lowest BCUT2D eigenvalue weighted by Gasteiger charge is -2.32. The van der Waals surface area contributed by atoms with Gasteiger partial charge in [-0.3, -0.25) is 43.6 Å². The molecule has 1 aliphatic heterocycles. The quantitative estimate of drug-likeness (QED) is 0.0478. The first-order chi connectivity index (χ1) is 23.6. The van der Waals surface area contributed by atoms with Crippen LogP contribution in [0.2, 0.25) is 0 Å². The van der Waals surface area contributed by atoms with Gasteiger partial charge >= 0.3 is 11.9 Å². The van der Waals surface area contributed by atoms with Crippen LogP contribution in [0.3, 0.4) is 0 Å². The number of carboxylic acid groups (broad SMARTS) is 2. The molecule has 49 heavy (non-hydrogen) atoms. The number of carbonyl (C=O) groups excluding carboxylic acids is 4. The molecule has 0 bridgehead atoms. The Bertz CT molecular complexity index is 944. The van der Waals surface area contributed by atoms with E-state index in [1.807, 2.05) is 9.80 Å². The summed E-state index contributed by atoms with van der Waals surface area (Å²) in [6.07, 6.45) is 2.37. The minimum atomic E-state index is -0.961.